The van der Waals surface area contributed by atoms with E-state index in [1.165, 1.54) is 37.5 Å². The standard InChI is InChI=1S/C19H21F3N2O/c20-19(21,22)16-4-2-1-3-15(16)11-23-24-17(25)18-8-12-5-13(9-18)7-14(6-12)10-18/h1-4,11-14H,5-10H2,(H,24,25)/b23-11+. The van der Waals surface area contributed by atoms with Crippen LogP contribution in [0.2, 0.25) is 0 Å². The van der Waals surface area contributed by atoms with Gasteiger partial charge in [0.2, 0.25) is 5.91 Å². The van der Waals surface area contributed by atoms with Gasteiger partial charge in [-0.25, -0.2) is 5.43 Å². The Hall–Kier alpha value is -1.85. The predicted octanol–water partition coefficient (Wildman–Crippen LogP) is 4.37. The second kappa shape index (κ2) is 5.85. The van der Waals surface area contributed by atoms with E-state index in [4.69, 9.17) is 0 Å². The maximum atomic E-state index is 13.0. The van der Waals surface area contributed by atoms with E-state index in [1.54, 1.807) is 0 Å². The fourth-order valence-corrected chi connectivity index (χ4v) is 5.54. The monoisotopic (exact) mass is 350 g/mol. The number of halogens is 3. The topological polar surface area (TPSA) is 41.5 Å². The zero-order valence-electron chi connectivity index (χ0n) is 13.9. The number of rotatable bonds is 3. The van der Waals surface area contributed by atoms with Crippen LogP contribution in [0.1, 0.15) is 49.7 Å². The lowest BCUT2D eigenvalue weighted by atomic mass is 9.49. The van der Waals surface area contributed by atoms with Crippen LogP contribution in [0.3, 0.4) is 0 Å². The quantitative estimate of drug-likeness (QED) is 0.638. The third-order valence-corrected chi connectivity index (χ3v) is 6.16. The number of hydrogen-bond donors (Lipinski definition) is 1. The Morgan fingerprint density at radius 2 is 1.64 bits per heavy atom. The van der Waals surface area contributed by atoms with Crippen molar-refractivity contribution < 1.29 is 18.0 Å². The van der Waals surface area contributed by atoms with E-state index in [2.05, 4.69) is 10.5 Å². The Morgan fingerprint density at radius 1 is 1.08 bits per heavy atom. The van der Waals surface area contributed by atoms with E-state index < -0.39 is 11.7 Å². The molecule has 4 saturated carbocycles. The number of nitrogens with one attached hydrogen (secondary N) is 1. The second-order valence-electron chi connectivity index (χ2n) is 7.98. The first-order valence-corrected chi connectivity index (χ1v) is 8.85. The van der Waals surface area contributed by atoms with Gasteiger partial charge in [-0.3, -0.25) is 4.79 Å². The highest BCUT2D eigenvalue weighted by atomic mass is 19.4. The molecule has 0 saturated heterocycles. The summed E-state index contributed by atoms with van der Waals surface area (Å²) in [5.41, 5.74) is 1.39. The Kier molecular flexibility index (Phi) is 3.89. The maximum absolute atomic E-state index is 13.0. The minimum atomic E-state index is -4.44. The summed E-state index contributed by atoms with van der Waals surface area (Å²) in [5, 5.41) is 3.85. The molecule has 25 heavy (non-hydrogen) atoms. The molecule has 1 aromatic carbocycles. The van der Waals surface area contributed by atoms with Crippen molar-refractivity contribution in [2.45, 2.75) is 44.7 Å². The molecule has 0 atom stereocenters. The lowest BCUT2D eigenvalue weighted by Gasteiger charge is -2.55. The van der Waals surface area contributed by atoms with Gasteiger partial charge in [0.05, 0.1) is 17.2 Å². The van der Waals surface area contributed by atoms with Crippen LogP contribution < -0.4 is 5.43 Å². The number of benzene rings is 1. The van der Waals surface area contributed by atoms with Gasteiger partial charge in [0.1, 0.15) is 0 Å². The van der Waals surface area contributed by atoms with Crippen molar-refractivity contribution in [3.05, 3.63) is 35.4 Å². The largest absolute Gasteiger partial charge is 0.417 e. The summed E-state index contributed by atoms with van der Waals surface area (Å²) < 4.78 is 39.0. The Morgan fingerprint density at radius 3 is 2.20 bits per heavy atom. The van der Waals surface area contributed by atoms with Crippen molar-refractivity contribution in [1.82, 2.24) is 5.43 Å². The molecule has 1 amide bonds. The lowest BCUT2D eigenvalue weighted by Crippen LogP contribution is -2.52. The van der Waals surface area contributed by atoms with E-state index in [0.717, 1.165) is 31.5 Å². The number of alkyl halides is 3. The van der Waals surface area contributed by atoms with Crippen LogP contribution in [0.25, 0.3) is 0 Å². The molecule has 134 valence electrons. The van der Waals surface area contributed by atoms with E-state index in [9.17, 15) is 18.0 Å². The highest BCUT2D eigenvalue weighted by Crippen LogP contribution is 2.60. The van der Waals surface area contributed by atoms with Crippen LogP contribution in [0.5, 0.6) is 0 Å². The Balaban J connectivity index is 1.47. The molecule has 5 rings (SSSR count). The average molecular weight is 350 g/mol. The molecule has 0 unspecified atom stereocenters. The van der Waals surface area contributed by atoms with Gasteiger partial charge < -0.3 is 0 Å². The number of amides is 1. The van der Waals surface area contributed by atoms with Crippen molar-refractivity contribution in [2.24, 2.45) is 28.3 Å². The molecule has 6 heteroatoms. The normalized spacial score (nSPS) is 33.8. The molecule has 3 nitrogen and oxygen atoms in total. The van der Waals surface area contributed by atoms with Crippen LogP contribution in [0.4, 0.5) is 13.2 Å². The van der Waals surface area contributed by atoms with Gasteiger partial charge in [-0.15, -0.1) is 0 Å². The molecule has 4 aliphatic rings. The van der Waals surface area contributed by atoms with Gasteiger partial charge in [0, 0.05) is 5.56 Å². The highest BCUT2D eigenvalue weighted by molar-refractivity contribution is 5.86. The fourth-order valence-electron chi connectivity index (χ4n) is 5.54. The van der Waals surface area contributed by atoms with Crippen molar-refractivity contribution >= 4 is 12.1 Å². The van der Waals surface area contributed by atoms with Gasteiger partial charge in [-0.1, -0.05) is 18.2 Å². The summed E-state index contributed by atoms with van der Waals surface area (Å²) in [6.07, 6.45) is 3.06. The van der Waals surface area contributed by atoms with Crippen molar-refractivity contribution in [3.63, 3.8) is 0 Å². The first kappa shape index (κ1) is 16.6. The summed E-state index contributed by atoms with van der Waals surface area (Å²) in [7, 11) is 0. The van der Waals surface area contributed by atoms with Crippen LogP contribution in [-0.2, 0) is 11.0 Å². The number of nitrogens with zero attached hydrogens (tertiary/aromatic N) is 1. The minimum absolute atomic E-state index is 0.0409. The van der Waals surface area contributed by atoms with Crippen molar-refractivity contribution in [2.75, 3.05) is 0 Å². The summed E-state index contributed by atoms with van der Waals surface area (Å²) in [6.45, 7) is 0. The molecular formula is C19H21F3N2O. The van der Waals surface area contributed by atoms with E-state index in [1.807, 2.05) is 0 Å². The van der Waals surface area contributed by atoms with Gasteiger partial charge in [0.15, 0.2) is 0 Å². The molecular weight excluding hydrogens is 329 g/mol. The molecule has 1 aromatic rings. The molecule has 0 heterocycles. The number of hydrogen-bond acceptors (Lipinski definition) is 2. The SMILES string of the molecule is O=C(N/N=C/c1ccccc1C(F)(F)F)C12CC3CC(CC(C3)C1)C2. The van der Waals surface area contributed by atoms with Crippen LogP contribution in [-0.4, -0.2) is 12.1 Å². The number of carbonyl (C=O) groups is 1. The summed E-state index contributed by atoms with van der Waals surface area (Å²) in [6, 6.07) is 5.23. The Labute approximate surface area is 144 Å². The first-order chi connectivity index (χ1) is 11.9. The number of hydrazone groups is 1. The molecule has 1 N–H and O–H groups in total. The molecule has 0 radical (unpaired) electrons. The molecule has 4 bridgehead atoms. The average Bonchev–Trinajstić information content (AvgIpc) is 2.53. The van der Waals surface area contributed by atoms with Crippen LogP contribution in [0, 0.1) is 23.2 Å². The van der Waals surface area contributed by atoms with E-state index in [0.29, 0.717) is 17.8 Å². The highest BCUT2D eigenvalue weighted by Gasteiger charge is 2.54. The first-order valence-electron chi connectivity index (χ1n) is 8.85. The van der Waals surface area contributed by atoms with Gasteiger partial charge in [-0.2, -0.15) is 18.3 Å². The summed E-state index contributed by atoms with van der Waals surface area (Å²) >= 11 is 0. The smallest absolute Gasteiger partial charge is 0.273 e. The zero-order valence-corrected chi connectivity index (χ0v) is 13.9. The third-order valence-electron chi connectivity index (χ3n) is 6.16. The van der Waals surface area contributed by atoms with Crippen molar-refractivity contribution in [3.8, 4) is 0 Å². The maximum Gasteiger partial charge on any atom is 0.417 e. The molecule has 0 aliphatic heterocycles. The lowest BCUT2D eigenvalue weighted by molar-refractivity contribution is -0.146. The molecule has 0 spiro atoms. The summed E-state index contributed by atoms with van der Waals surface area (Å²) in [4.78, 5) is 12.7. The molecule has 4 fully saturated rings. The van der Waals surface area contributed by atoms with Gasteiger partial charge in [-0.05, 0) is 62.3 Å². The predicted molar refractivity (Wildman–Crippen MR) is 87.8 cm³/mol. The summed E-state index contributed by atoms with van der Waals surface area (Å²) in [5.74, 6) is 1.78. The number of carbonyl (C=O) groups excluding carboxylic acids is 1. The minimum Gasteiger partial charge on any atom is -0.273 e. The van der Waals surface area contributed by atoms with Crippen molar-refractivity contribution in [1.29, 1.82) is 0 Å². The van der Waals surface area contributed by atoms with Crippen LogP contribution >= 0.6 is 0 Å². The molecule has 4 aliphatic carbocycles. The second-order valence-corrected chi connectivity index (χ2v) is 7.98. The third kappa shape index (κ3) is 3.07. The van der Waals surface area contributed by atoms with E-state index >= 15 is 0 Å². The van der Waals surface area contributed by atoms with Gasteiger partial charge >= 0.3 is 6.18 Å². The zero-order chi connectivity index (χ0) is 17.7. The Bertz CT molecular complexity index is 676. The fraction of sp³-hybridized carbons (Fsp3) is 0.579. The van der Waals surface area contributed by atoms with Crippen LogP contribution in [0.15, 0.2) is 29.4 Å². The molecule has 0 aromatic heterocycles. The van der Waals surface area contributed by atoms with E-state index in [-0.39, 0.29) is 16.9 Å². The van der Waals surface area contributed by atoms with Gasteiger partial charge in [0.25, 0.3) is 0 Å².